The molecule has 6 heteroatoms. The highest BCUT2D eigenvalue weighted by Gasteiger charge is 2.52. The first kappa shape index (κ1) is 16.1. The summed E-state index contributed by atoms with van der Waals surface area (Å²) in [4.78, 5) is 28.5. The van der Waals surface area contributed by atoms with E-state index >= 15 is 0 Å². The summed E-state index contributed by atoms with van der Waals surface area (Å²) in [6.45, 7) is 2.48. The van der Waals surface area contributed by atoms with Crippen molar-refractivity contribution in [3.63, 3.8) is 0 Å². The van der Waals surface area contributed by atoms with Crippen LogP contribution >= 0.6 is 0 Å². The smallest absolute Gasteiger partial charge is 0.307 e. The number of anilines is 1. The minimum absolute atomic E-state index is 0.00282. The van der Waals surface area contributed by atoms with Crippen molar-refractivity contribution in [2.45, 2.75) is 6.42 Å². The second-order valence-electron chi connectivity index (χ2n) is 7.13. The Morgan fingerprint density at radius 3 is 2.16 bits per heavy atom. The van der Waals surface area contributed by atoms with Crippen molar-refractivity contribution < 1.29 is 19.1 Å². The molecule has 5 nitrogen and oxygen atoms in total. The Balaban J connectivity index is 1.42. The maximum Gasteiger partial charge on any atom is 0.307 e. The van der Waals surface area contributed by atoms with E-state index in [-0.39, 0.29) is 23.6 Å². The Kier molecular flexibility index (Phi) is 3.98. The molecule has 1 aromatic rings. The predicted octanol–water partition coefficient (Wildman–Crippen LogP) is 2.00. The van der Waals surface area contributed by atoms with Gasteiger partial charge in [-0.15, -0.1) is 0 Å². The Bertz CT molecular complexity index is 710. The maximum absolute atomic E-state index is 13.0. The third-order valence-corrected chi connectivity index (χ3v) is 5.81. The average Bonchev–Trinajstić information content (AvgIpc) is 3.23. The quantitative estimate of drug-likeness (QED) is 0.852. The van der Waals surface area contributed by atoms with E-state index < -0.39 is 17.8 Å². The summed E-state index contributed by atoms with van der Waals surface area (Å²) in [5.41, 5.74) is 0.944. The molecule has 1 N–H and O–H groups in total. The Morgan fingerprint density at radius 2 is 1.56 bits per heavy atom. The van der Waals surface area contributed by atoms with Crippen molar-refractivity contribution in [2.75, 3.05) is 31.1 Å². The third-order valence-electron chi connectivity index (χ3n) is 5.81. The van der Waals surface area contributed by atoms with Gasteiger partial charge in [-0.2, -0.15) is 0 Å². The van der Waals surface area contributed by atoms with Crippen LogP contribution in [-0.2, 0) is 9.59 Å². The van der Waals surface area contributed by atoms with Crippen molar-refractivity contribution in [3.05, 3.63) is 42.2 Å². The number of carbonyl (C=O) groups is 2. The average molecular weight is 344 g/mol. The predicted molar refractivity (Wildman–Crippen MR) is 90.5 cm³/mol. The first-order valence-electron chi connectivity index (χ1n) is 8.75. The zero-order valence-electron chi connectivity index (χ0n) is 13.8. The molecule has 0 radical (unpaired) electrons. The zero-order valence-corrected chi connectivity index (χ0v) is 13.8. The molecule has 1 heterocycles. The number of amides is 1. The van der Waals surface area contributed by atoms with Gasteiger partial charge in [0, 0.05) is 31.9 Å². The van der Waals surface area contributed by atoms with Crippen LogP contribution in [0, 0.1) is 29.5 Å². The molecule has 25 heavy (non-hydrogen) atoms. The number of fused-ring (bicyclic) bond motifs is 2. The maximum atomic E-state index is 13.0. The second kappa shape index (κ2) is 6.17. The number of carboxylic acids is 1. The highest BCUT2D eigenvalue weighted by Crippen LogP contribution is 2.48. The van der Waals surface area contributed by atoms with Crippen molar-refractivity contribution in [2.24, 2.45) is 23.7 Å². The van der Waals surface area contributed by atoms with Crippen LogP contribution in [0.1, 0.15) is 6.42 Å². The van der Waals surface area contributed by atoms with Gasteiger partial charge in [0.05, 0.1) is 11.8 Å². The second-order valence-corrected chi connectivity index (χ2v) is 7.13. The highest BCUT2D eigenvalue weighted by molar-refractivity contribution is 5.87. The number of carboxylic acid groups (broad SMARTS) is 1. The van der Waals surface area contributed by atoms with Crippen molar-refractivity contribution in [3.8, 4) is 0 Å². The molecule has 3 aliphatic rings. The monoisotopic (exact) mass is 344 g/mol. The van der Waals surface area contributed by atoms with Gasteiger partial charge in [0.25, 0.3) is 0 Å². The fourth-order valence-corrected chi connectivity index (χ4v) is 4.54. The van der Waals surface area contributed by atoms with Crippen LogP contribution in [0.5, 0.6) is 0 Å². The number of nitrogens with zero attached hydrogens (tertiary/aromatic N) is 2. The number of hydrogen-bond donors (Lipinski definition) is 1. The molecular formula is C19H21FN2O3. The van der Waals surface area contributed by atoms with Gasteiger partial charge in [0.1, 0.15) is 5.82 Å². The van der Waals surface area contributed by atoms with Crippen LogP contribution < -0.4 is 4.90 Å². The van der Waals surface area contributed by atoms with Crippen LogP contribution in [0.2, 0.25) is 0 Å². The summed E-state index contributed by atoms with van der Waals surface area (Å²) in [6, 6.07) is 6.36. The molecule has 1 amide bonds. The minimum Gasteiger partial charge on any atom is -0.481 e. The van der Waals surface area contributed by atoms with E-state index in [4.69, 9.17) is 0 Å². The molecule has 0 aromatic heterocycles. The summed E-state index contributed by atoms with van der Waals surface area (Å²) in [5, 5.41) is 9.52. The number of allylic oxidation sites excluding steroid dienone is 2. The van der Waals surface area contributed by atoms with Crippen molar-refractivity contribution in [1.82, 2.24) is 4.90 Å². The van der Waals surface area contributed by atoms with Crippen LogP contribution in [-0.4, -0.2) is 48.1 Å². The largest absolute Gasteiger partial charge is 0.481 e. The Labute approximate surface area is 145 Å². The fraction of sp³-hybridized carbons (Fsp3) is 0.474. The molecule has 1 saturated carbocycles. The van der Waals surface area contributed by atoms with E-state index in [9.17, 15) is 19.1 Å². The Morgan fingerprint density at radius 1 is 0.960 bits per heavy atom. The van der Waals surface area contributed by atoms with Crippen LogP contribution in [0.3, 0.4) is 0 Å². The summed E-state index contributed by atoms with van der Waals surface area (Å²) < 4.78 is 13.0. The number of hydrogen-bond acceptors (Lipinski definition) is 3. The first-order chi connectivity index (χ1) is 12.0. The Hall–Kier alpha value is -2.37. The van der Waals surface area contributed by atoms with Gasteiger partial charge >= 0.3 is 5.97 Å². The number of halogens is 1. The van der Waals surface area contributed by atoms with E-state index in [1.54, 1.807) is 17.0 Å². The highest BCUT2D eigenvalue weighted by atomic mass is 19.1. The van der Waals surface area contributed by atoms with Gasteiger partial charge in [-0.25, -0.2) is 4.39 Å². The van der Waals surface area contributed by atoms with E-state index in [1.165, 1.54) is 12.1 Å². The molecule has 2 fully saturated rings. The molecule has 2 aliphatic carbocycles. The number of carbonyl (C=O) groups excluding carboxylic acids is 1. The molecule has 0 spiro atoms. The molecule has 2 bridgehead atoms. The number of rotatable bonds is 3. The van der Waals surface area contributed by atoms with Gasteiger partial charge in [-0.1, -0.05) is 12.2 Å². The third kappa shape index (κ3) is 2.79. The zero-order chi connectivity index (χ0) is 17.6. The summed E-state index contributed by atoms with van der Waals surface area (Å²) in [7, 11) is 0. The van der Waals surface area contributed by atoms with Crippen LogP contribution in [0.15, 0.2) is 36.4 Å². The minimum atomic E-state index is -0.861. The topological polar surface area (TPSA) is 60.9 Å². The van der Waals surface area contributed by atoms with Gasteiger partial charge in [-0.3, -0.25) is 9.59 Å². The lowest BCUT2D eigenvalue weighted by Crippen LogP contribution is -2.52. The van der Waals surface area contributed by atoms with Gasteiger partial charge in [0.15, 0.2) is 0 Å². The normalized spacial score (nSPS) is 30.8. The molecule has 132 valence electrons. The number of benzene rings is 1. The lowest BCUT2D eigenvalue weighted by Gasteiger charge is -2.38. The SMILES string of the molecule is O=C(O)[C@H]1[C@@H](C(=O)N2CCN(c3ccc(F)cc3)CC2)[C@H]2C=C[C@H]1C2. The molecule has 1 aliphatic heterocycles. The van der Waals surface area contributed by atoms with E-state index in [1.807, 2.05) is 12.2 Å². The first-order valence-corrected chi connectivity index (χ1v) is 8.75. The van der Waals surface area contributed by atoms with E-state index in [2.05, 4.69) is 4.90 Å². The van der Waals surface area contributed by atoms with Gasteiger partial charge < -0.3 is 14.9 Å². The lowest BCUT2D eigenvalue weighted by atomic mass is 9.82. The number of piperazine rings is 1. The molecule has 4 rings (SSSR count). The van der Waals surface area contributed by atoms with E-state index in [0.29, 0.717) is 26.2 Å². The standard InChI is InChI=1S/C19H21FN2O3/c20-14-3-5-15(6-4-14)21-7-9-22(10-8-21)18(23)16-12-1-2-13(11-12)17(16)19(24)25/h1-6,12-13,16-17H,7-11H2,(H,24,25)/t12-,13-,16-,17+/m0/s1. The van der Waals surface area contributed by atoms with Crippen molar-refractivity contribution >= 4 is 17.6 Å². The van der Waals surface area contributed by atoms with Crippen LogP contribution in [0.4, 0.5) is 10.1 Å². The summed E-state index contributed by atoms with van der Waals surface area (Å²) in [5.74, 6) is -2.10. The van der Waals surface area contributed by atoms with Gasteiger partial charge in [-0.05, 0) is 42.5 Å². The van der Waals surface area contributed by atoms with Crippen LogP contribution in [0.25, 0.3) is 0 Å². The summed E-state index contributed by atoms with van der Waals surface area (Å²) in [6.07, 6.45) is 4.75. The molecule has 0 unspecified atom stereocenters. The molecule has 1 aromatic carbocycles. The molecule has 1 saturated heterocycles. The van der Waals surface area contributed by atoms with Gasteiger partial charge in [0.2, 0.25) is 5.91 Å². The van der Waals surface area contributed by atoms with E-state index in [0.717, 1.165) is 12.1 Å². The number of aliphatic carboxylic acids is 1. The molecular weight excluding hydrogens is 323 g/mol. The molecule has 4 atom stereocenters. The lowest BCUT2D eigenvalue weighted by molar-refractivity contribution is -0.151. The summed E-state index contributed by atoms with van der Waals surface area (Å²) >= 11 is 0. The van der Waals surface area contributed by atoms with Crippen molar-refractivity contribution in [1.29, 1.82) is 0 Å². The fourth-order valence-electron chi connectivity index (χ4n) is 4.54.